The third-order valence-electron chi connectivity index (χ3n) is 5.91. The summed E-state index contributed by atoms with van der Waals surface area (Å²) >= 11 is 0. The molecule has 1 fully saturated rings. The molecule has 4 atom stereocenters. The summed E-state index contributed by atoms with van der Waals surface area (Å²) in [5.74, 6) is -1.06. The summed E-state index contributed by atoms with van der Waals surface area (Å²) in [4.78, 5) is 12.4. The summed E-state index contributed by atoms with van der Waals surface area (Å²) < 4.78 is 34.4. The lowest BCUT2D eigenvalue weighted by atomic mass is 10.00. The molecule has 0 spiro atoms. The second-order valence-electron chi connectivity index (χ2n) is 9.30. The van der Waals surface area contributed by atoms with Crippen molar-refractivity contribution in [3.8, 4) is 0 Å². The third-order valence-corrected chi connectivity index (χ3v) is 5.91. The average molecular weight is 457 g/mol. The zero-order valence-corrected chi connectivity index (χ0v) is 20.5. The van der Waals surface area contributed by atoms with E-state index >= 15 is 0 Å². The standard InChI is InChI=1S/C25H44O7/c1-20-13-11-9-7-5-6-8-10-12-14-22-24(32-25(2,3)31-22)21(15-16-23(26)30-20)29-19-28-18-17-27-4/h15-16,20-22,24H,5-14,17-19H2,1-4H3/b16-15+/t20-,21+,22+,24+/m0/s1. The zero-order chi connectivity index (χ0) is 23.2. The highest BCUT2D eigenvalue weighted by Gasteiger charge is 2.44. The van der Waals surface area contributed by atoms with Gasteiger partial charge in [0.15, 0.2) is 5.79 Å². The number of esters is 1. The SMILES string of the molecule is COCCOCO[C@@H]1/C=C/C(=O)O[C@@H](C)CCCCCCCCCC[C@H]2OC(C)(C)O[C@H]12. The van der Waals surface area contributed by atoms with Crippen LogP contribution in [-0.4, -0.2) is 63.3 Å². The molecule has 0 unspecified atom stereocenters. The molecule has 0 aromatic rings. The molecule has 0 radical (unpaired) electrons. The van der Waals surface area contributed by atoms with Crippen molar-refractivity contribution in [3.05, 3.63) is 12.2 Å². The number of rotatable bonds is 6. The third kappa shape index (κ3) is 10.8. The summed E-state index contributed by atoms with van der Waals surface area (Å²) in [5, 5.41) is 0. The van der Waals surface area contributed by atoms with Crippen molar-refractivity contribution in [2.75, 3.05) is 27.1 Å². The molecule has 2 rings (SSSR count). The fraction of sp³-hybridized carbons (Fsp3) is 0.880. The lowest BCUT2D eigenvalue weighted by Gasteiger charge is -2.24. The number of cyclic esters (lactones) is 1. The number of fused-ring (bicyclic) bond motifs is 1. The van der Waals surface area contributed by atoms with E-state index in [2.05, 4.69) is 0 Å². The molecule has 0 bridgehead atoms. The van der Waals surface area contributed by atoms with Crippen molar-refractivity contribution in [2.45, 2.75) is 115 Å². The van der Waals surface area contributed by atoms with E-state index in [1.54, 1.807) is 13.2 Å². The van der Waals surface area contributed by atoms with Gasteiger partial charge in [-0.15, -0.1) is 0 Å². The highest BCUT2D eigenvalue weighted by atomic mass is 16.8. The fourth-order valence-electron chi connectivity index (χ4n) is 4.26. The minimum atomic E-state index is -0.699. The molecule has 186 valence electrons. The number of carbonyl (C=O) groups is 1. The Labute approximate surface area is 194 Å². The molecule has 32 heavy (non-hydrogen) atoms. The van der Waals surface area contributed by atoms with Gasteiger partial charge in [-0.25, -0.2) is 4.79 Å². The van der Waals surface area contributed by atoms with E-state index in [-0.39, 0.29) is 31.1 Å². The molecule has 7 heteroatoms. The first kappa shape index (κ1) is 27.3. The van der Waals surface area contributed by atoms with E-state index in [1.807, 2.05) is 20.8 Å². The van der Waals surface area contributed by atoms with Gasteiger partial charge in [-0.1, -0.05) is 44.9 Å². The van der Waals surface area contributed by atoms with Crippen LogP contribution in [0.25, 0.3) is 0 Å². The summed E-state index contributed by atoms with van der Waals surface area (Å²) in [5.41, 5.74) is 0. The Morgan fingerprint density at radius 3 is 2.31 bits per heavy atom. The maximum Gasteiger partial charge on any atom is 0.330 e. The van der Waals surface area contributed by atoms with E-state index in [0.29, 0.717) is 13.2 Å². The number of methoxy groups -OCH3 is 1. The van der Waals surface area contributed by atoms with Crippen LogP contribution >= 0.6 is 0 Å². The highest BCUT2D eigenvalue weighted by molar-refractivity contribution is 5.82. The van der Waals surface area contributed by atoms with Crippen LogP contribution in [0.5, 0.6) is 0 Å². The Hall–Kier alpha value is -0.990. The molecule has 0 aromatic heterocycles. The van der Waals surface area contributed by atoms with Crippen LogP contribution in [0.1, 0.15) is 85.0 Å². The molecule has 0 aromatic carbocycles. The van der Waals surface area contributed by atoms with Crippen molar-refractivity contribution in [1.82, 2.24) is 0 Å². The van der Waals surface area contributed by atoms with Crippen LogP contribution in [0.4, 0.5) is 0 Å². The van der Waals surface area contributed by atoms with Gasteiger partial charge in [-0.2, -0.15) is 0 Å². The molecule has 2 aliphatic heterocycles. The van der Waals surface area contributed by atoms with Crippen molar-refractivity contribution in [1.29, 1.82) is 0 Å². The highest BCUT2D eigenvalue weighted by Crippen LogP contribution is 2.34. The van der Waals surface area contributed by atoms with E-state index in [1.165, 1.54) is 44.6 Å². The summed E-state index contributed by atoms with van der Waals surface area (Å²) in [6, 6.07) is 0. The molecule has 2 heterocycles. The maximum absolute atomic E-state index is 12.4. The predicted molar refractivity (Wildman–Crippen MR) is 122 cm³/mol. The van der Waals surface area contributed by atoms with Gasteiger partial charge in [0.1, 0.15) is 19.0 Å². The molecule has 0 saturated carbocycles. The lowest BCUT2D eigenvalue weighted by Crippen LogP contribution is -2.37. The molecule has 2 aliphatic rings. The van der Waals surface area contributed by atoms with Gasteiger partial charge in [0.05, 0.1) is 25.4 Å². The van der Waals surface area contributed by atoms with Gasteiger partial charge >= 0.3 is 5.97 Å². The van der Waals surface area contributed by atoms with Gasteiger partial charge in [-0.05, 0) is 46.1 Å². The van der Waals surface area contributed by atoms with Crippen molar-refractivity contribution < 1.29 is 33.2 Å². The molecule has 0 amide bonds. The van der Waals surface area contributed by atoms with Crippen LogP contribution in [-0.2, 0) is 33.2 Å². The molecule has 7 nitrogen and oxygen atoms in total. The largest absolute Gasteiger partial charge is 0.460 e. The van der Waals surface area contributed by atoms with Crippen LogP contribution in [0, 0.1) is 0 Å². The van der Waals surface area contributed by atoms with Crippen molar-refractivity contribution in [3.63, 3.8) is 0 Å². The van der Waals surface area contributed by atoms with Crippen LogP contribution in [0.3, 0.4) is 0 Å². The predicted octanol–water partition coefficient (Wildman–Crippen LogP) is 4.91. The molecular formula is C25H44O7. The Morgan fingerprint density at radius 1 is 0.969 bits per heavy atom. The van der Waals surface area contributed by atoms with Gasteiger partial charge in [0.25, 0.3) is 0 Å². The monoisotopic (exact) mass is 456 g/mol. The molecule has 0 N–H and O–H groups in total. The Kier molecular flexibility index (Phi) is 12.8. The quantitative estimate of drug-likeness (QED) is 0.319. The van der Waals surface area contributed by atoms with E-state index in [9.17, 15) is 4.79 Å². The minimum Gasteiger partial charge on any atom is -0.460 e. The van der Waals surface area contributed by atoms with E-state index < -0.39 is 11.9 Å². The van der Waals surface area contributed by atoms with Gasteiger partial charge in [-0.3, -0.25) is 0 Å². The first-order valence-electron chi connectivity index (χ1n) is 12.3. The summed E-state index contributed by atoms with van der Waals surface area (Å²) in [7, 11) is 1.63. The maximum atomic E-state index is 12.4. The lowest BCUT2D eigenvalue weighted by molar-refractivity contribution is -0.166. The Bertz CT molecular complexity index is 548. The first-order chi connectivity index (χ1) is 15.4. The fourth-order valence-corrected chi connectivity index (χ4v) is 4.26. The second-order valence-corrected chi connectivity index (χ2v) is 9.30. The minimum absolute atomic E-state index is 0.0802. The zero-order valence-electron chi connectivity index (χ0n) is 20.5. The van der Waals surface area contributed by atoms with Crippen LogP contribution < -0.4 is 0 Å². The van der Waals surface area contributed by atoms with Crippen LogP contribution in [0.15, 0.2) is 12.2 Å². The van der Waals surface area contributed by atoms with Gasteiger partial charge in [0, 0.05) is 13.2 Å². The number of ether oxygens (including phenoxy) is 6. The first-order valence-corrected chi connectivity index (χ1v) is 12.3. The summed E-state index contributed by atoms with van der Waals surface area (Å²) in [6.07, 6.45) is 13.6. The van der Waals surface area contributed by atoms with Gasteiger partial charge in [0.2, 0.25) is 0 Å². The summed E-state index contributed by atoms with van der Waals surface area (Å²) in [6.45, 7) is 6.80. The Balaban J connectivity index is 2.07. The van der Waals surface area contributed by atoms with Crippen LogP contribution in [0.2, 0.25) is 0 Å². The van der Waals surface area contributed by atoms with E-state index in [0.717, 1.165) is 25.7 Å². The van der Waals surface area contributed by atoms with E-state index in [4.69, 9.17) is 28.4 Å². The number of hydrogen-bond donors (Lipinski definition) is 0. The smallest absolute Gasteiger partial charge is 0.330 e. The van der Waals surface area contributed by atoms with Crippen molar-refractivity contribution in [2.24, 2.45) is 0 Å². The molecule has 1 saturated heterocycles. The second kappa shape index (κ2) is 15.0. The number of carbonyl (C=O) groups excluding carboxylic acids is 1. The molecule has 0 aliphatic carbocycles. The topological polar surface area (TPSA) is 72.5 Å². The average Bonchev–Trinajstić information content (AvgIpc) is 3.05. The molecular weight excluding hydrogens is 412 g/mol. The van der Waals surface area contributed by atoms with Crippen molar-refractivity contribution >= 4 is 5.97 Å². The Morgan fingerprint density at radius 2 is 1.62 bits per heavy atom. The van der Waals surface area contributed by atoms with Gasteiger partial charge < -0.3 is 28.4 Å². The normalized spacial score (nSPS) is 31.8. The number of hydrogen-bond acceptors (Lipinski definition) is 7.